The number of hydrazone groups is 1. The predicted octanol–water partition coefficient (Wildman–Crippen LogP) is 2.39. The van der Waals surface area contributed by atoms with Gasteiger partial charge in [-0.3, -0.25) is 4.79 Å². The van der Waals surface area contributed by atoms with Crippen LogP contribution in [0.25, 0.3) is 0 Å². The molecule has 1 unspecified atom stereocenters. The van der Waals surface area contributed by atoms with Crippen molar-refractivity contribution in [2.75, 3.05) is 11.6 Å². The van der Waals surface area contributed by atoms with E-state index in [1.165, 1.54) is 12.1 Å². The molecular weight excluding hydrogens is 271 g/mol. The number of amides is 1. The van der Waals surface area contributed by atoms with E-state index in [4.69, 9.17) is 5.73 Å². The van der Waals surface area contributed by atoms with Crippen LogP contribution in [0.5, 0.6) is 0 Å². The summed E-state index contributed by atoms with van der Waals surface area (Å²) >= 11 is 0. The molecule has 1 amide bonds. The minimum Gasteiger partial charge on any atom is -0.330 e. The fourth-order valence-corrected chi connectivity index (χ4v) is 2.08. The van der Waals surface area contributed by atoms with Crippen LogP contribution in [0.2, 0.25) is 0 Å². The number of rotatable bonds is 3. The van der Waals surface area contributed by atoms with Gasteiger partial charge in [0.25, 0.3) is 5.91 Å². The second-order valence-corrected chi connectivity index (χ2v) is 4.57. The van der Waals surface area contributed by atoms with E-state index in [0.29, 0.717) is 24.4 Å². The second-order valence-electron chi connectivity index (χ2n) is 4.57. The SMILES string of the molecule is CC1=NN(c2ccc(C(F)(F)F)cc2)C(=O)C1CCN. The summed E-state index contributed by atoms with van der Waals surface area (Å²) in [5.74, 6) is -0.644. The van der Waals surface area contributed by atoms with E-state index in [-0.39, 0.29) is 11.8 Å². The molecule has 0 saturated heterocycles. The highest BCUT2D eigenvalue weighted by Gasteiger charge is 2.34. The number of nitrogens with two attached hydrogens (primary N) is 1. The summed E-state index contributed by atoms with van der Waals surface area (Å²) in [4.78, 5) is 12.1. The van der Waals surface area contributed by atoms with Crippen molar-refractivity contribution in [3.63, 3.8) is 0 Å². The second kappa shape index (κ2) is 5.24. The molecule has 1 aromatic rings. The quantitative estimate of drug-likeness (QED) is 0.927. The molecule has 4 nitrogen and oxygen atoms in total. The van der Waals surface area contributed by atoms with E-state index in [0.717, 1.165) is 17.1 Å². The van der Waals surface area contributed by atoms with E-state index in [2.05, 4.69) is 5.10 Å². The molecule has 1 aromatic carbocycles. The van der Waals surface area contributed by atoms with Crippen molar-refractivity contribution in [3.8, 4) is 0 Å². The van der Waals surface area contributed by atoms with Gasteiger partial charge in [0.05, 0.1) is 17.2 Å². The Bertz CT molecular complexity index is 537. The Morgan fingerprint density at radius 3 is 2.40 bits per heavy atom. The summed E-state index contributed by atoms with van der Waals surface area (Å²) in [5, 5.41) is 5.23. The lowest BCUT2D eigenvalue weighted by Gasteiger charge is -2.15. The summed E-state index contributed by atoms with van der Waals surface area (Å²) in [5.41, 5.74) is 5.62. The monoisotopic (exact) mass is 285 g/mol. The van der Waals surface area contributed by atoms with Crippen molar-refractivity contribution < 1.29 is 18.0 Å². The topological polar surface area (TPSA) is 58.7 Å². The van der Waals surface area contributed by atoms with Crippen LogP contribution in [-0.4, -0.2) is 18.2 Å². The summed E-state index contributed by atoms with van der Waals surface area (Å²) in [6.45, 7) is 2.06. The molecule has 0 saturated carbocycles. The van der Waals surface area contributed by atoms with Gasteiger partial charge in [-0.2, -0.15) is 18.3 Å². The standard InChI is InChI=1S/C13H14F3N3O/c1-8-11(6-7-17)12(20)19(18-8)10-4-2-9(3-5-10)13(14,15)16/h2-5,11H,6-7,17H2,1H3. The first kappa shape index (κ1) is 14.5. The maximum atomic E-state index is 12.5. The number of benzene rings is 1. The smallest absolute Gasteiger partial charge is 0.330 e. The van der Waals surface area contributed by atoms with Gasteiger partial charge < -0.3 is 5.73 Å². The van der Waals surface area contributed by atoms with Crippen LogP contribution < -0.4 is 10.7 Å². The highest BCUT2D eigenvalue weighted by Crippen LogP contribution is 2.32. The Labute approximate surface area is 114 Å². The molecule has 1 aliphatic rings. The molecule has 20 heavy (non-hydrogen) atoms. The molecule has 0 fully saturated rings. The first-order chi connectivity index (χ1) is 9.34. The van der Waals surface area contributed by atoms with Crippen molar-refractivity contribution >= 4 is 17.3 Å². The maximum Gasteiger partial charge on any atom is 0.416 e. The first-order valence-electron chi connectivity index (χ1n) is 6.11. The number of carbonyl (C=O) groups is 1. The fraction of sp³-hybridized carbons (Fsp3) is 0.385. The largest absolute Gasteiger partial charge is 0.416 e. The molecular formula is C13H14F3N3O. The van der Waals surface area contributed by atoms with Gasteiger partial charge in [0, 0.05) is 5.71 Å². The molecule has 1 aliphatic heterocycles. The average Bonchev–Trinajstić information content (AvgIpc) is 2.66. The van der Waals surface area contributed by atoms with Crippen LogP contribution in [0, 0.1) is 5.92 Å². The number of nitrogens with zero attached hydrogens (tertiary/aromatic N) is 2. The van der Waals surface area contributed by atoms with E-state index in [9.17, 15) is 18.0 Å². The number of carbonyl (C=O) groups excluding carboxylic acids is 1. The van der Waals surface area contributed by atoms with Gasteiger partial charge in [0.1, 0.15) is 0 Å². The zero-order valence-electron chi connectivity index (χ0n) is 10.8. The lowest BCUT2D eigenvalue weighted by atomic mass is 10.0. The van der Waals surface area contributed by atoms with Crippen LogP contribution in [0.1, 0.15) is 18.9 Å². The molecule has 0 bridgehead atoms. The number of hydrogen-bond acceptors (Lipinski definition) is 3. The third kappa shape index (κ3) is 2.67. The zero-order valence-corrected chi connectivity index (χ0v) is 10.8. The van der Waals surface area contributed by atoms with E-state index in [1.54, 1.807) is 6.92 Å². The molecule has 0 radical (unpaired) electrons. The first-order valence-corrected chi connectivity index (χ1v) is 6.11. The van der Waals surface area contributed by atoms with E-state index >= 15 is 0 Å². The summed E-state index contributed by atoms with van der Waals surface area (Å²) in [6, 6.07) is 4.35. The maximum absolute atomic E-state index is 12.5. The fourth-order valence-electron chi connectivity index (χ4n) is 2.08. The van der Waals surface area contributed by atoms with Gasteiger partial charge in [0.2, 0.25) is 0 Å². The number of hydrogen-bond donors (Lipinski definition) is 1. The van der Waals surface area contributed by atoms with Gasteiger partial charge in [-0.25, -0.2) is 5.01 Å². The van der Waals surface area contributed by atoms with Crippen LogP contribution in [-0.2, 0) is 11.0 Å². The van der Waals surface area contributed by atoms with Gasteiger partial charge in [0.15, 0.2) is 0 Å². The van der Waals surface area contributed by atoms with Gasteiger partial charge in [-0.1, -0.05) is 0 Å². The van der Waals surface area contributed by atoms with Crippen LogP contribution >= 0.6 is 0 Å². The van der Waals surface area contributed by atoms with E-state index < -0.39 is 11.7 Å². The third-order valence-corrected chi connectivity index (χ3v) is 3.16. The Kier molecular flexibility index (Phi) is 3.80. The van der Waals surface area contributed by atoms with Gasteiger partial charge in [-0.05, 0) is 44.2 Å². The number of halogens is 3. The Morgan fingerprint density at radius 1 is 1.30 bits per heavy atom. The molecule has 108 valence electrons. The van der Waals surface area contributed by atoms with E-state index in [1.807, 2.05) is 0 Å². The summed E-state index contributed by atoms with van der Waals surface area (Å²) < 4.78 is 37.4. The highest BCUT2D eigenvalue weighted by atomic mass is 19.4. The number of anilines is 1. The molecule has 0 spiro atoms. The van der Waals surface area contributed by atoms with Crippen LogP contribution in [0.4, 0.5) is 18.9 Å². The van der Waals surface area contributed by atoms with Crippen LogP contribution in [0.3, 0.4) is 0 Å². The number of alkyl halides is 3. The Hall–Kier alpha value is -1.89. The van der Waals surface area contributed by atoms with Crippen molar-refractivity contribution in [2.45, 2.75) is 19.5 Å². The highest BCUT2D eigenvalue weighted by molar-refractivity contribution is 6.14. The Balaban J connectivity index is 2.23. The Morgan fingerprint density at radius 2 is 1.90 bits per heavy atom. The zero-order chi connectivity index (χ0) is 14.9. The lowest BCUT2D eigenvalue weighted by molar-refractivity contribution is -0.137. The van der Waals surface area contributed by atoms with Crippen molar-refractivity contribution in [1.29, 1.82) is 0 Å². The average molecular weight is 285 g/mol. The molecule has 0 aromatic heterocycles. The molecule has 2 rings (SSSR count). The summed E-state index contributed by atoms with van der Waals surface area (Å²) in [6.07, 6.45) is -3.92. The molecule has 2 N–H and O–H groups in total. The molecule has 0 aliphatic carbocycles. The minimum atomic E-state index is -4.39. The van der Waals surface area contributed by atoms with Crippen molar-refractivity contribution in [3.05, 3.63) is 29.8 Å². The van der Waals surface area contributed by atoms with Crippen molar-refractivity contribution in [1.82, 2.24) is 0 Å². The van der Waals surface area contributed by atoms with Gasteiger partial charge in [-0.15, -0.1) is 0 Å². The third-order valence-electron chi connectivity index (χ3n) is 3.16. The summed E-state index contributed by atoms with van der Waals surface area (Å²) in [7, 11) is 0. The normalized spacial score (nSPS) is 19.4. The molecule has 1 atom stereocenters. The van der Waals surface area contributed by atoms with Gasteiger partial charge >= 0.3 is 6.18 Å². The minimum absolute atomic E-state index is 0.257. The van der Waals surface area contributed by atoms with Crippen molar-refractivity contribution in [2.24, 2.45) is 16.8 Å². The lowest BCUT2D eigenvalue weighted by Crippen LogP contribution is -2.28. The predicted molar refractivity (Wildman–Crippen MR) is 69.2 cm³/mol. The van der Waals surface area contributed by atoms with Crippen LogP contribution in [0.15, 0.2) is 29.4 Å². The molecule has 1 heterocycles. The molecule has 7 heteroatoms.